The molecule has 0 spiro atoms. The van der Waals surface area contributed by atoms with E-state index in [-0.39, 0.29) is 10.5 Å². The van der Waals surface area contributed by atoms with Gasteiger partial charge in [0.05, 0.1) is 17.6 Å². The molecule has 0 amide bonds. The summed E-state index contributed by atoms with van der Waals surface area (Å²) in [6.45, 7) is 4.24. The minimum atomic E-state index is -3.67. The Morgan fingerprint density at radius 1 is 0.875 bits per heavy atom. The maximum absolute atomic E-state index is 12.7. The third-order valence-corrected chi connectivity index (χ3v) is 6.88. The molecule has 0 aliphatic carbocycles. The Hall–Kier alpha value is -3.36. The summed E-state index contributed by atoms with van der Waals surface area (Å²) in [4.78, 5) is 12.7. The molecule has 0 saturated carbocycles. The average molecular weight is 455 g/mol. The lowest BCUT2D eigenvalue weighted by Gasteiger charge is -2.18. The molecule has 0 saturated heterocycles. The molecule has 0 atom stereocenters. The SMILES string of the molecule is CCN(CC)S(=O)(=O)c1cccc(C(=O)Oc2cccc(Nc3ccc(OC)cc3)c2)c1. The van der Waals surface area contributed by atoms with Crippen LogP contribution in [0.15, 0.2) is 77.7 Å². The van der Waals surface area contributed by atoms with E-state index < -0.39 is 16.0 Å². The van der Waals surface area contributed by atoms with Crippen molar-refractivity contribution in [3.05, 3.63) is 78.4 Å². The molecule has 32 heavy (non-hydrogen) atoms. The van der Waals surface area contributed by atoms with Gasteiger partial charge in [-0.05, 0) is 54.6 Å². The van der Waals surface area contributed by atoms with Gasteiger partial charge in [0.1, 0.15) is 11.5 Å². The zero-order chi connectivity index (χ0) is 23.1. The monoisotopic (exact) mass is 454 g/mol. The zero-order valence-electron chi connectivity index (χ0n) is 18.2. The van der Waals surface area contributed by atoms with E-state index in [1.54, 1.807) is 39.2 Å². The van der Waals surface area contributed by atoms with Gasteiger partial charge >= 0.3 is 5.97 Å². The van der Waals surface area contributed by atoms with Crippen LogP contribution in [0.5, 0.6) is 11.5 Å². The van der Waals surface area contributed by atoms with Crippen molar-refractivity contribution in [3.63, 3.8) is 0 Å². The first-order chi connectivity index (χ1) is 15.4. The molecule has 7 nitrogen and oxygen atoms in total. The second kappa shape index (κ2) is 10.3. The largest absolute Gasteiger partial charge is 0.497 e. The Morgan fingerprint density at radius 2 is 1.56 bits per heavy atom. The fourth-order valence-corrected chi connectivity index (χ4v) is 4.64. The first-order valence-corrected chi connectivity index (χ1v) is 11.6. The number of esters is 1. The van der Waals surface area contributed by atoms with Crippen LogP contribution in [0.2, 0.25) is 0 Å². The quantitative estimate of drug-likeness (QED) is 0.373. The van der Waals surface area contributed by atoms with E-state index in [1.165, 1.54) is 28.6 Å². The van der Waals surface area contributed by atoms with Gasteiger partial charge in [0.2, 0.25) is 10.0 Å². The van der Waals surface area contributed by atoms with E-state index in [4.69, 9.17) is 9.47 Å². The summed E-state index contributed by atoms with van der Waals surface area (Å²) in [5.41, 5.74) is 1.74. The molecule has 0 aromatic heterocycles. The van der Waals surface area contributed by atoms with Gasteiger partial charge in [0.25, 0.3) is 0 Å². The van der Waals surface area contributed by atoms with Gasteiger partial charge in [-0.15, -0.1) is 0 Å². The lowest BCUT2D eigenvalue weighted by atomic mass is 10.2. The predicted molar refractivity (Wildman–Crippen MR) is 124 cm³/mol. The van der Waals surface area contributed by atoms with Crippen molar-refractivity contribution < 1.29 is 22.7 Å². The van der Waals surface area contributed by atoms with E-state index in [0.29, 0.717) is 18.8 Å². The van der Waals surface area contributed by atoms with Gasteiger partial charge in [-0.3, -0.25) is 0 Å². The topological polar surface area (TPSA) is 84.9 Å². The van der Waals surface area contributed by atoms with Crippen molar-refractivity contribution in [2.24, 2.45) is 0 Å². The average Bonchev–Trinajstić information content (AvgIpc) is 2.80. The predicted octanol–water partition coefficient (Wildman–Crippen LogP) is 4.69. The molecule has 0 heterocycles. The summed E-state index contributed by atoms with van der Waals surface area (Å²) in [6.07, 6.45) is 0. The number of ether oxygens (including phenoxy) is 2. The van der Waals surface area contributed by atoms with Crippen molar-refractivity contribution >= 4 is 27.4 Å². The summed E-state index contributed by atoms with van der Waals surface area (Å²) >= 11 is 0. The summed E-state index contributed by atoms with van der Waals surface area (Å²) in [5.74, 6) is 0.456. The Kier molecular flexibility index (Phi) is 7.50. The van der Waals surface area contributed by atoms with Crippen molar-refractivity contribution in [3.8, 4) is 11.5 Å². The molecule has 8 heteroatoms. The molecule has 1 N–H and O–H groups in total. The molecule has 0 radical (unpaired) electrons. The number of anilines is 2. The lowest BCUT2D eigenvalue weighted by Crippen LogP contribution is -2.30. The van der Waals surface area contributed by atoms with E-state index >= 15 is 0 Å². The molecule has 0 aliphatic rings. The highest BCUT2D eigenvalue weighted by molar-refractivity contribution is 7.89. The number of nitrogens with zero attached hydrogens (tertiary/aromatic N) is 1. The first kappa shape index (κ1) is 23.3. The molecule has 0 fully saturated rings. The normalized spacial score (nSPS) is 11.2. The number of benzene rings is 3. The number of methoxy groups -OCH3 is 1. The van der Waals surface area contributed by atoms with Crippen molar-refractivity contribution in [1.82, 2.24) is 4.31 Å². The summed E-state index contributed by atoms with van der Waals surface area (Å²) in [5, 5.41) is 3.23. The number of hydrogen-bond donors (Lipinski definition) is 1. The lowest BCUT2D eigenvalue weighted by molar-refractivity contribution is 0.0734. The van der Waals surface area contributed by atoms with Crippen molar-refractivity contribution in [2.45, 2.75) is 18.7 Å². The van der Waals surface area contributed by atoms with Gasteiger partial charge in [-0.2, -0.15) is 4.31 Å². The first-order valence-electron chi connectivity index (χ1n) is 10.2. The standard InChI is InChI=1S/C24H26N2O5S/c1-4-26(5-2)32(28,29)23-11-6-8-18(16-23)24(27)31-22-10-7-9-20(17-22)25-19-12-14-21(30-3)15-13-19/h6-17,25H,4-5H2,1-3H3. The van der Waals surface area contributed by atoms with E-state index in [1.807, 2.05) is 30.3 Å². The van der Waals surface area contributed by atoms with Gasteiger partial charge in [-0.25, -0.2) is 13.2 Å². The summed E-state index contributed by atoms with van der Waals surface area (Å²) in [6, 6.07) is 20.3. The molecule has 3 aromatic rings. The third-order valence-electron chi connectivity index (χ3n) is 4.84. The molecule has 0 unspecified atom stereocenters. The van der Waals surface area contributed by atoms with Crippen LogP contribution < -0.4 is 14.8 Å². The maximum Gasteiger partial charge on any atom is 0.343 e. The van der Waals surface area contributed by atoms with E-state index in [2.05, 4.69) is 5.32 Å². The zero-order valence-corrected chi connectivity index (χ0v) is 19.1. The molecule has 0 bridgehead atoms. The summed E-state index contributed by atoms with van der Waals surface area (Å²) in [7, 11) is -2.06. The number of nitrogens with one attached hydrogen (secondary N) is 1. The van der Waals surface area contributed by atoms with Crippen LogP contribution >= 0.6 is 0 Å². The van der Waals surface area contributed by atoms with Gasteiger partial charge in [0.15, 0.2) is 0 Å². The van der Waals surface area contributed by atoms with E-state index in [9.17, 15) is 13.2 Å². The highest BCUT2D eigenvalue weighted by atomic mass is 32.2. The Balaban J connectivity index is 1.75. The highest BCUT2D eigenvalue weighted by Crippen LogP contribution is 2.24. The molecular formula is C24H26N2O5S. The van der Waals surface area contributed by atoms with Crippen molar-refractivity contribution in [2.75, 3.05) is 25.5 Å². The van der Waals surface area contributed by atoms with Crippen LogP contribution in [0.4, 0.5) is 11.4 Å². The number of rotatable bonds is 9. The molecular weight excluding hydrogens is 428 g/mol. The second-order valence-electron chi connectivity index (χ2n) is 6.89. The fraction of sp³-hybridized carbons (Fsp3) is 0.208. The highest BCUT2D eigenvalue weighted by Gasteiger charge is 2.23. The van der Waals surface area contributed by atoms with Crippen LogP contribution in [0.3, 0.4) is 0 Å². The smallest absolute Gasteiger partial charge is 0.343 e. The maximum atomic E-state index is 12.7. The van der Waals surface area contributed by atoms with Gasteiger partial charge in [-0.1, -0.05) is 26.0 Å². The Labute approximate surface area is 188 Å². The number of carbonyl (C=O) groups is 1. The molecule has 168 valence electrons. The Bertz CT molecular complexity index is 1170. The molecule has 3 rings (SSSR count). The second-order valence-corrected chi connectivity index (χ2v) is 8.83. The minimum absolute atomic E-state index is 0.0607. The van der Waals surface area contributed by atoms with Crippen LogP contribution in [-0.4, -0.2) is 38.9 Å². The third kappa shape index (κ3) is 5.46. The number of hydrogen-bond acceptors (Lipinski definition) is 6. The molecule has 0 aliphatic heterocycles. The van der Waals surface area contributed by atoms with Crippen LogP contribution in [0.25, 0.3) is 0 Å². The van der Waals surface area contributed by atoms with Crippen molar-refractivity contribution in [1.29, 1.82) is 0 Å². The van der Waals surface area contributed by atoms with Gasteiger partial charge < -0.3 is 14.8 Å². The number of carbonyl (C=O) groups excluding carboxylic acids is 1. The van der Waals surface area contributed by atoms with Crippen LogP contribution in [-0.2, 0) is 10.0 Å². The van der Waals surface area contributed by atoms with Crippen LogP contribution in [0.1, 0.15) is 24.2 Å². The Morgan fingerprint density at radius 3 is 2.22 bits per heavy atom. The minimum Gasteiger partial charge on any atom is -0.497 e. The molecule has 3 aromatic carbocycles. The van der Waals surface area contributed by atoms with E-state index in [0.717, 1.165) is 17.1 Å². The number of sulfonamides is 1. The van der Waals surface area contributed by atoms with Crippen LogP contribution in [0, 0.1) is 0 Å². The van der Waals surface area contributed by atoms with Gasteiger partial charge in [0, 0.05) is 30.5 Å². The fourth-order valence-electron chi connectivity index (χ4n) is 3.14. The summed E-state index contributed by atoms with van der Waals surface area (Å²) < 4.78 is 37.5.